The molecule has 2 unspecified atom stereocenters. The van der Waals surface area contributed by atoms with E-state index in [0.717, 1.165) is 18.7 Å². The molecule has 0 radical (unpaired) electrons. The minimum atomic E-state index is 0.470. The van der Waals surface area contributed by atoms with Gasteiger partial charge in [0.1, 0.15) is 0 Å². The lowest BCUT2D eigenvalue weighted by molar-refractivity contribution is 0.119. The second-order valence-corrected chi connectivity index (χ2v) is 5.05. The van der Waals surface area contributed by atoms with Gasteiger partial charge in [0, 0.05) is 31.8 Å². The molecule has 2 aliphatic rings. The standard InChI is InChI=1S/C12H24N2O/c1-15-7-3-2-6-14-11-4-5-12(14)9-10(13)8-11/h10-12H,2-9,13H2,1H3. The van der Waals surface area contributed by atoms with Gasteiger partial charge in [0.15, 0.2) is 0 Å². The van der Waals surface area contributed by atoms with E-state index < -0.39 is 0 Å². The minimum absolute atomic E-state index is 0.470. The maximum atomic E-state index is 6.05. The Morgan fingerprint density at radius 1 is 1.20 bits per heavy atom. The Kier molecular flexibility index (Phi) is 4.00. The predicted octanol–water partition coefficient (Wildman–Crippen LogP) is 1.37. The minimum Gasteiger partial charge on any atom is -0.385 e. The lowest BCUT2D eigenvalue weighted by Crippen LogP contribution is -2.47. The Hall–Kier alpha value is -0.120. The Morgan fingerprint density at radius 2 is 1.87 bits per heavy atom. The van der Waals surface area contributed by atoms with Gasteiger partial charge >= 0.3 is 0 Å². The van der Waals surface area contributed by atoms with E-state index in [1.807, 2.05) is 0 Å². The fourth-order valence-corrected chi connectivity index (χ4v) is 3.22. The number of hydrogen-bond donors (Lipinski definition) is 1. The van der Waals surface area contributed by atoms with Crippen LogP contribution in [0, 0.1) is 0 Å². The summed E-state index contributed by atoms with van der Waals surface area (Å²) in [6.45, 7) is 2.16. The lowest BCUT2D eigenvalue weighted by Gasteiger charge is -2.37. The first kappa shape index (κ1) is 11.4. The Morgan fingerprint density at radius 3 is 2.47 bits per heavy atom. The molecule has 15 heavy (non-hydrogen) atoms. The molecule has 2 bridgehead atoms. The van der Waals surface area contributed by atoms with Crippen molar-refractivity contribution in [2.24, 2.45) is 5.73 Å². The highest BCUT2D eigenvalue weighted by atomic mass is 16.5. The fraction of sp³-hybridized carbons (Fsp3) is 1.00. The third kappa shape index (κ3) is 2.71. The highest BCUT2D eigenvalue weighted by Crippen LogP contribution is 2.34. The molecule has 88 valence electrons. The van der Waals surface area contributed by atoms with E-state index in [0.29, 0.717) is 6.04 Å². The maximum absolute atomic E-state index is 6.05. The Bertz CT molecular complexity index is 184. The normalized spacial score (nSPS) is 36.0. The number of hydrogen-bond acceptors (Lipinski definition) is 3. The molecule has 2 rings (SSSR count). The molecule has 2 fully saturated rings. The third-order valence-corrected chi connectivity index (χ3v) is 3.94. The van der Waals surface area contributed by atoms with Crippen LogP contribution in [0.4, 0.5) is 0 Å². The van der Waals surface area contributed by atoms with Crippen molar-refractivity contribution in [2.45, 2.75) is 56.7 Å². The van der Waals surface area contributed by atoms with Crippen molar-refractivity contribution in [1.29, 1.82) is 0 Å². The van der Waals surface area contributed by atoms with Crippen molar-refractivity contribution in [3.05, 3.63) is 0 Å². The van der Waals surface area contributed by atoms with Crippen LogP contribution in [0.5, 0.6) is 0 Å². The molecule has 0 amide bonds. The fourth-order valence-electron chi connectivity index (χ4n) is 3.22. The quantitative estimate of drug-likeness (QED) is 0.699. The third-order valence-electron chi connectivity index (χ3n) is 3.94. The monoisotopic (exact) mass is 212 g/mol. The molecular weight excluding hydrogens is 188 g/mol. The van der Waals surface area contributed by atoms with Crippen LogP contribution in [0.2, 0.25) is 0 Å². The maximum Gasteiger partial charge on any atom is 0.0462 e. The summed E-state index contributed by atoms with van der Waals surface area (Å²) in [5.74, 6) is 0. The van der Waals surface area contributed by atoms with Gasteiger partial charge < -0.3 is 10.5 Å². The molecule has 2 heterocycles. The SMILES string of the molecule is COCCCCN1C2CCC1CC(N)C2. The van der Waals surface area contributed by atoms with Crippen LogP contribution in [-0.4, -0.2) is 43.3 Å². The molecule has 2 saturated heterocycles. The van der Waals surface area contributed by atoms with Crippen molar-refractivity contribution >= 4 is 0 Å². The lowest BCUT2D eigenvalue weighted by atomic mass is 9.98. The van der Waals surface area contributed by atoms with E-state index in [4.69, 9.17) is 10.5 Å². The highest BCUT2D eigenvalue weighted by molar-refractivity contribution is 4.96. The summed E-state index contributed by atoms with van der Waals surface area (Å²) in [6.07, 6.45) is 7.67. The zero-order valence-electron chi connectivity index (χ0n) is 9.82. The number of piperidine rings is 1. The first-order valence-electron chi connectivity index (χ1n) is 6.31. The summed E-state index contributed by atoms with van der Waals surface area (Å²) < 4.78 is 5.08. The summed E-state index contributed by atoms with van der Waals surface area (Å²) in [5.41, 5.74) is 6.05. The number of methoxy groups -OCH3 is 1. The molecule has 3 heteroatoms. The second kappa shape index (κ2) is 5.28. The molecular formula is C12H24N2O. The van der Waals surface area contributed by atoms with Gasteiger partial charge in [-0.15, -0.1) is 0 Å². The summed E-state index contributed by atoms with van der Waals surface area (Å²) in [7, 11) is 1.78. The molecule has 0 aromatic carbocycles. The first-order chi connectivity index (χ1) is 7.31. The van der Waals surface area contributed by atoms with Gasteiger partial charge in [-0.05, 0) is 45.1 Å². The van der Waals surface area contributed by atoms with Gasteiger partial charge in [-0.1, -0.05) is 0 Å². The van der Waals surface area contributed by atoms with Crippen LogP contribution in [0.1, 0.15) is 38.5 Å². The van der Waals surface area contributed by atoms with Crippen LogP contribution >= 0.6 is 0 Å². The Balaban J connectivity index is 1.74. The second-order valence-electron chi connectivity index (χ2n) is 5.05. The number of nitrogens with two attached hydrogens (primary N) is 1. The van der Waals surface area contributed by atoms with Crippen LogP contribution in [-0.2, 0) is 4.74 Å². The zero-order valence-corrected chi connectivity index (χ0v) is 9.82. The van der Waals surface area contributed by atoms with Gasteiger partial charge in [0.2, 0.25) is 0 Å². The number of ether oxygens (including phenoxy) is 1. The van der Waals surface area contributed by atoms with Gasteiger partial charge in [0.05, 0.1) is 0 Å². The summed E-state index contributed by atoms with van der Waals surface area (Å²) in [5, 5.41) is 0. The van der Waals surface area contributed by atoms with Crippen molar-refractivity contribution in [2.75, 3.05) is 20.3 Å². The predicted molar refractivity (Wildman–Crippen MR) is 61.8 cm³/mol. The summed E-state index contributed by atoms with van der Waals surface area (Å²) in [6, 6.07) is 2.06. The summed E-state index contributed by atoms with van der Waals surface area (Å²) >= 11 is 0. The van der Waals surface area contributed by atoms with Gasteiger partial charge in [-0.2, -0.15) is 0 Å². The average molecular weight is 212 g/mol. The molecule has 0 aromatic rings. The van der Waals surface area contributed by atoms with Gasteiger partial charge in [-0.3, -0.25) is 4.90 Å². The highest BCUT2D eigenvalue weighted by Gasteiger charge is 2.38. The van der Waals surface area contributed by atoms with Crippen molar-refractivity contribution in [1.82, 2.24) is 4.90 Å². The molecule has 0 aliphatic carbocycles. The van der Waals surface area contributed by atoms with E-state index in [-0.39, 0.29) is 0 Å². The van der Waals surface area contributed by atoms with Crippen molar-refractivity contribution in [3.8, 4) is 0 Å². The largest absolute Gasteiger partial charge is 0.385 e. The average Bonchev–Trinajstić information content (AvgIpc) is 2.46. The molecule has 0 aromatic heterocycles. The first-order valence-corrected chi connectivity index (χ1v) is 6.31. The molecule has 0 spiro atoms. The summed E-state index contributed by atoms with van der Waals surface area (Å²) in [4.78, 5) is 2.71. The number of fused-ring (bicyclic) bond motifs is 2. The molecule has 2 atom stereocenters. The Labute approximate surface area is 93.0 Å². The van der Waals surface area contributed by atoms with E-state index in [1.54, 1.807) is 7.11 Å². The van der Waals surface area contributed by atoms with E-state index in [9.17, 15) is 0 Å². The number of unbranched alkanes of at least 4 members (excludes halogenated alkanes) is 1. The van der Waals surface area contributed by atoms with Crippen LogP contribution < -0.4 is 5.73 Å². The molecule has 0 saturated carbocycles. The van der Waals surface area contributed by atoms with E-state index in [1.165, 1.54) is 45.1 Å². The van der Waals surface area contributed by atoms with Crippen LogP contribution in [0.25, 0.3) is 0 Å². The van der Waals surface area contributed by atoms with E-state index in [2.05, 4.69) is 4.90 Å². The topological polar surface area (TPSA) is 38.5 Å². The smallest absolute Gasteiger partial charge is 0.0462 e. The molecule has 3 nitrogen and oxygen atoms in total. The van der Waals surface area contributed by atoms with Gasteiger partial charge in [-0.25, -0.2) is 0 Å². The number of rotatable bonds is 5. The number of nitrogens with zero attached hydrogens (tertiary/aromatic N) is 1. The van der Waals surface area contributed by atoms with Crippen LogP contribution in [0.3, 0.4) is 0 Å². The molecule has 2 aliphatic heterocycles. The zero-order chi connectivity index (χ0) is 10.7. The van der Waals surface area contributed by atoms with Crippen molar-refractivity contribution < 1.29 is 4.74 Å². The van der Waals surface area contributed by atoms with Crippen molar-refractivity contribution in [3.63, 3.8) is 0 Å². The van der Waals surface area contributed by atoms with Gasteiger partial charge in [0.25, 0.3) is 0 Å². The molecule has 2 N–H and O–H groups in total. The van der Waals surface area contributed by atoms with E-state index >= 15 is 0 Å². The van der Waals surface area contributed by atoms with Crippen LogP contribution in [0.15, 0.2) is 0 Å².